The van der Waals surface area contributed by atoms with Gasteiger partial charge in [-0.2, -0.15) is 0 Å². The van der Waals surface area contributed by atoms with E-state index in [4.69, 9.17) is 10.2 Å². The quantitative estimate of drug-likeness (QED) is 0.782. The molecule has 0 amide bonds. The normalized spacial score (nSPS) is 11.3. The lowest BCUT2D eigenvalue weighted by molar-refractivity contribution is 0.473. The van der Waals surface area contributed by atoms with Gasteiger partial charge in [0.15, 0.2) is 5.89 Å². The first-order valence-electron chi connectivity index (χ1n) is 6.41. The molecule has 0 aliphatic carbocycles. The number of rotatable bonds is 3. The predicted molar refractivity (Wildman–Crippen MR) is 75.9 cm³/mol. The fraction of sp³-hybridized carbons (Fsp3) is 0.267. The average molecular weight is 255 g/mol. The number of para-hydroxylation sites is 1. The Morgan fingerprint density at radius 2 is 2.11 bits per heavy atom. The Balaban J connectivity index is 2.19. The first kappa shape index (κ1) is 12.0. The topological polar surface area (TPSA) is 57.0 Å². The zero-order chi connectivity index (χ0) is 13.4. The number of aryl methyl sites for hydroxylation is 2. The summed E-state index contributed by atoms with van der Waals surface area (Å²) in [4.78, 5) is 4.57. The van der Waals surface area contributed by atoms with Gasteiger partial charge in [-0.3, -0.25) is 0 Å². The van der Waals surface area contributed by atoms with Crippen LogP contribution >= 0.6 is 0 Å². The van der Waals surface area contributed by atoms with E-state index < -0.39 is 0 Å². The van der Waals surface area contributed by atoms with E-state index in [9.17, 15) is 0 Å². The number of fused-ring (bicyclic) bond motifs is 1. The first-order valence-corrected chi connectivity index (χ1v) is 6.41. The largest absolute Gasteiger partial charge is 0.445 e. The van der Waals surface area contributed by atoms with E-state index in [0.717, 1.165) is 17.0 Å². The van der Waals surface area contributed by atoms with Crippen molar-refractivity contribution in [2.24, 2.45) is 12.8 Å². The van der Waals surface area contributed by atoms with Gasteiger partial charge in [0.05, 0.1) is 0 Å². The second kappa shape index (κ2) is 4.55. The van der Waals surface area contributed by atoms with Crippen LogP contribution in [0.1, 0.15) is 11.7 Å². The molecule has 0 radical (unpaired) electrons. The van der Waals surface area contributed by atoms with Gasteiger partial charge in [-0.05, 0) is 13.0 Å². The number of hydrogen-bond acceptors (Lipinski definition) is 3. The molecule has 2 heterocycles. The Hall–Kier alpha value is -2.07. The van der Waals surface area contributed by atoms with E-state index in [-0.39, 0.29) is 0 Å². The molecule has 0 fully saturated rings. The number of nitrogens with two attached hydrogens (primary N) is 1. The third-order valence-corrected chi connectivity index (χ3v) is 3.35. The van der Waals surface area contributed by atoms with Crippen LogP contribution in [0.4, 0.5) is 0 Å². The molecule has 98 valence electrons. The molecule has 3 aromatic rings. The Bertz CT molecular complexity index is 724. The zero-order valence-electron chi connectivity index (χ0n) is 11.2. The maximum atomic E-state index is 5.67. The number of benzene rings is 1. The standard InChI is InChI=1S/C15H17N3O/c1-10-15(17-14(19-10)7-8-16)12-9-18(2)13-6-4-3-5-11(12)13/h3-6,9H,7-8,16H2,1-2H3. The van der Waals surface area contributed by atoms with E-state index >= 15 is 0 Å². The zero-order valence-corrected chi connectivity index (χ0v) is 11.2. The molecule has 0 saturated carbocycles. The molecule has 19 heavy (non-hydrogen) atoms. The van der Waals surface area contributed by atoms with Gasteiger partial charge in [0, 0.05) is 42.7 Å². The summed E-state index contributed by atoms with van der Waals surface area (Å²) in [5, 5.41) is 1.20. The lowest BCUT2D eigenvalue weighted by atomic mass is 10.1. The van der Waals surface area contributed by atoms with Crippen LogP contribution in [0.2, 0.25) is 0 Å². The maximum absolute atomic E-state index is 5.67. The minimum Gasteiger partial charge on any atom is -0.445 e. The van der Waals surface area contributed by atoms with E-state index in [1.807, 2.05) is 26.1 Å². The SMILES string of the molecule is Cc1oc(CCN)nc1-c1cn(C)c2ccccc12. The molecule has 4 nitrogen and oxygen atoms in total. The molecule has 0 aliphatic rings. The second-order valence-corrected chi connectivity index (χ2v) is 4.72. The highest BCUT2D eigenvalue weighted by atomic mass is 16.4. The van der Waals surface area contributed by atoms with Gasteiger partial charge in [-0.25, -0.2) is 4.98 Å². The first-order chi connectivity index (χ1) is 9.20. The van der Waals surface area contributed by atoms with Crippen molar-refractivity contribution in [1.82, 2.24) is 9.55 Å². The van der Waals surface area contributed by atoms with Crippen LogP contribution in [-0.2, 0) is 13.5 Å². The predicted octanol–water partition coefficient (Wildman–Crippen LogP) is 2.64. The van der Waals surface area contributed by atoms with Crippen molar-refractivity contribution in [2.45, 2.75) is 13.3 Å². The maximum Gasteiger partial charge on any atom is 0.196 e. The van der Waals surface area contributed by atoms with Gasteiger partial charge < -0.3 is 14.7 Å². The van der Waals surface area contributed by atoms with Crippen LogP contribution in [0.25, 0.3) is 22.2 Å². The molecule has 0 saturated heterocycles. The monoisotopic (exact) mass is 255 g/mol. The van der Waals surface area contributed by atoms with Crippen LogP contribution in [0.3, 0.4) is 0 Å². The molecule has 0 aliphatic heterocycles. The highest BCUT2D eigenvalue weighted by Crippen LogP contribution is 2.31. The Morgan fingerprint density at radius 3 is 2.89 bits per heavy atom. The third kappa shape index (κ3) is 1.94. The van der Waals surface area contributed by atoms with Crippen LogP contribution in [-0.4, -0.2) is 16.1 Å². The molecule has 2 aromatic heterocycles. The van der Waals surface area contributed by atoms with Crippen LogP contribution in [0.5, 0.6) is 0 Å². The summed E-state index contributed by atoms with van der Waals surface area (Å²) in [5.41, 5.74) is 8.77. The van der Waals surface area contributed by atoms with Crippen molar-refractivity contribution in [3.63, 3.8) is 0 Å². The van der Waals surface area contributed by atoms with Gasteiger partial charge in [0.2, 0.25) is 0 Å². The van der Waals surface area contributed by atoms with Crippen molar-refractivity contribution in [2.75, 3.05) is 6.54 Å². The molecule has 0 unspecified atom stereocenters. The summed E-state index contributed by atoms with van der Waals surface area (Å²) in [6.07, 6.45) is 2.77. The van der Waals surface area contributed by atoms with Gasteiger partial charge in [0.1, 0.15) is 11.5 Å². The summed E-state index contributed by atoms with van der Waals surface area (Å²) < 4.78 is 7.78. The van der Waals surface area contributed by atoms with Crippen LogP contribution in [0, 0.1) is 6.92 Å². The molecule has 4 heteroatoms. The van der Waals surface area contributed by atoms with E-state index in [1.165, 1.54) is 10.9 Å². The van der Waals surface area contributed by atoms with E-state index in [0.29, 0.717) is 18.9 Å². The highest BCUT2D eigenvalue weighted by molar-refractivity contribution is 5.95. The van der Waals surface area contributed by atoms with Crippen LogP contribution in [0.15, 0.2) is 34.9 Å². The summed E-state index contributed by atoms with van der Waals surface area (Å²) in [6, 6.07) is 8.31. The molecular formula is C15H17N3O. The molecule has 2 N–H and O–H groups in total. The number of oxazole rings is 1. The van der Waals surface area contributed by atoms with E-state index in [2.05, 4.69) is 27.9 Å². The summed E-state index contributed by atoms with van der Waals surface area (Å²) in [5.74, 6) is 1.56. The Kier molecular flexibility index (Phi) is 2.87. The number of nitrogens with zero attached hydrogens (tertiary/aromatic N) is 2. The molecular weight excluding hydrogens is 238 g/mol. The second-order valence-electron chi connectivity index (χ2n) is 4.72. The van der Waals surface area contributed by atoms with Crippen molar-refractivity contribution in [3.05, 3.63) is 42.1 Å². The van der Waals surface area contributed by atoms with E-state index in [1.54, 1.807) is 0 Å². The van der Waals surface area contributed by atoms with Crippen LogP contribution < -0.4 is 5.73 Å². The molecule has 0 atom stereocenters. The van der Waals surface area contributed by atoms with Gasteiger partial charge in [-0.15, -0.1) is 0 Å². The molecule has 0 bridgehead atoms. The minimum atomic E-state index is 0.551. The lowest BCUT2D eigenvalue weighted by Crippen LogP contribution is -2.02. The average Bonchev–Trinajstić information content (AvgIpc) is 2.92. The van der Waals surface area contributed by atoms with Crippen molar-refractivity contribution < 1.29 is 4.42 Å². The summed E-state index contributed by atoms with van der Waals surface area (Å²) in [7, 11) is 2.04. The molecule has 1 aromatic carbocycles. The van der Waals surface area contributed by atoms with Gasteiger partial charge >= 0.3 is 0 Å². The lowest BCUT2D eigenvalue weighted by Gasteiger charge is -1.94. The van der Waals surface area contributed by atoms with Crippen molar-refractivity contribution in [3.8, 4) is 11.3 Å². The Labute approximate surface area is 111 Å². The fourth-order valence-corrected chi connectivity index (χ4v) is 2.46. The summed E-state index contributed by atoms with van der Waals surface area (Å²) >= 11 is 0. The van der Waals surface area contributed by atoms with Gasteiger partial charge in [0.25, 0.3) is 0 Å². The van der Waals surface area contributed by atoms with Crippen molar-refractivity contribution in [1.29, 1.82) is 0 Å². The van der Waals surface area contributed by atoms with Gasteiger partial charge in [-0.1, -0.05) is 18.2 Å². The number of aromatic nitrogens is 2. The smallest absolute Gasteiger partial charge is 0.196 e. The fourth-order valence-electron chi connectivity index (χ4n) is 2.46. The molecule has 3 rings (SSSR count). The molecule has 0 spiro atoms. The number of hydrogen-bond donors (Lipinski definition) is 1. The van der Waals surface area contributed by atoms with Crippen molar-refractivity contribution >= 4 is 10.9 Å². The highest BCUT2D eigenvalue weighted by Gasteiger charge is 2.15. The Morgan fingerprint density at radius 1 is 1.32 bits per heavy atom. The summed E-state index contributed by atoms with van der Waals surface area (Å²) in [6.45, 7) is 2.50. The minimum absolute atomic E-state index is 0.551. The third-order valence-electron chi connectivity index (χ3n) is 3.35.